The minimum atomic E-state index is 0.365. The van der Waals surface area contributed by atoms with Crippen LogP contribution in [0.4, 0.5) is 0 Å². The molecule has 0 aliphatic carbocycles. The molecule has 1 unspecified atom stereocenters. The Bertz CT molecular complexity index is 467. The van der Waals surface area contributed by atoms with E-state index in [1.54, 1.807) is 0 Å². The largest absolute Gasteiger partial charge is 0.339 e. The van der Waals surface area contributed by atoms with Crippen LogP contribution in [0.2, 0.25) is 0 Å². The lowest BCUT2D eigenvalue weighted by Crippen LogP contribution is -2.24. The molecule has 96 valence electrons. The van der Waals surface area contributed by atoms with Crippen molar-refractivity contribution >= 4 is 0 Å². The monoisotopic (exact) mass is 245 g/mol. The fourth-order valence-corrected chi connectivity index (χ4v) is 1.75. The molecule has 0 saturated heterocycles. The zero-order chi connectivity index (χ0) is 12.8. The number of hydrogen-bond acceptors (Lipinski definition) is 4. The third-order valence-corrected chi connectivity index (χ3v) is 2.96. The number of aromatic nitrogens is 2. The van der Waals surface area contributed by atoms with Gasteiger partial charge in [0, 0.05) is 18.9 Å². The Labute approximate surface area is 107 Å². The number of aryl methyl sites for hydroxylation is 2. The highest BCUT2D eigenvalue weighted by atomic mass is 16.5. The smallest absolute Gasteiger partial charge is 0.226 e. The predicted molar refractivity (Wildman–Crippen MR) is 70.4 cm³/mol. The Morgan fingerprint density at radius 3 is 2.72 bits per heavy atom. The second-order valence-corrected chi connectivity index (χ2v) is 4.48. The Balaban J connectivity index is 1.87. The van der Waals surface area contributed by atoms with Gasteiger partial charge in [0.15, 0.2) is 5.82 Å². The van der Waals surface area contributed by atoms with E-state index in [0.717, 1.165) is 31.0 Å². The van der Waals surface area contributed by atoms with E-state index in [-0.39, 0.29) is 0 Å². The van der Waals surface area contributed by atoms with Gasteiger partial charge in [-0.1, -0.05) is 35.5 Å². The Hall–Kier alpha value is -1.68. The molecule has 2 rings (SSSR count). The summed E-state index contributed by atoms with van der Waals surface area (Å²) in [6.07, 6.45) is 2.53. The van der Waals surface area contributed by atoms with Gasteiger partial charge in [-0.3, -0.25) is 0 Å². The average Bonchev–Trinajstić information content (AvgIpc) is 2.85. The van der Waals surface area contributed by atoms with Crippen molar-refractivity contribution < 1.29 is 4.52 Å². The van der Waals surface area contributed by atoms with Crippen LogP contribution in [0.1, 0.15) is 24.2 Å². The zero-order valence-corrected chi connectivity index (χ0v) is 10.9. The molecule has 0 bridgehead atoms. The van der Waals surface area contributed by atoms with Crippen LogP contribution in [0.25, 0.3) is 0 Å². The van der Waals surface area contributed by atoms with Gasteiger partial charge in [0.1, 0.15) is 0 Å². The Morgan fingerprint density at radius 2 is 2.00 bits per heavy atom. The van der Waals surface area contributed by atoms with E-state index in [4.69, 9.17) is 4.52 Å². The van der Waals surface area contributed by atoms with Gasteiger partial charge in [0.25, 0.3) is 0 Å². The topological polar surface area (TPSA) is 51.0 Å². The van der Waals surface area contributed by atoms with Crippen LogP contribution in [-0.4, -0.2) is 23.2 Å². The molecule has 0 saturated carbocycles. The van der Waals surface area contributed by atoms with Gasteiger partial charge in [-0.15, -0.1) is 0 Å². The molecule has 4 heteroatoms. The van der Waals surface area contributed by atoms with Crippen LogP contribution in [0.5, 0.6) is 0 Å². The molecule has 0 aliphatic rings. The molecule has 1 heterocycles. The normalized spacial score (nSPS) is 12.6. The van der Waals surface area contributed by atoms with Crippen molar-refractivity contribution in [3.63, 3.8) is 0 Å². The summed E-state index contributed by atoms with van der Waals surface area (Å²) in [5.41, 5.74) is 1.29. The number of likely N-dealkylation sites (N-methyl/N-ethyl adjacent to an activating group) is 1. The van der Waals surface area contributed by atoms with Gasteiger partial charge in [-0.2, -0.15) is 4.98 Å². The van der Waals surface area contributed by atoms with Gasteiger partial charge in [-0.05, 0) is 26.0 Å². The van der Waals surface area contributed by atoms with Crippen molar-refractivity contribution in [2.24, 2.45) is 0 Å². The van der Waals surface area contributed by atoms with E-state index in [2.05, 4.69) is 34.5 Å². The fraction of sp³-hybridized carbons (Fsp3) is 0.429. The van der Waals surface area contributed by atoms with Crippen LogP contribution in [0, 0.1) is 0 Å². The molecule has 0 amide bonds. The van der Waals surface area contributed by atoms with Crippen molar-refractivity contribution in [2.45, 2.75) is 32.2 Å². The number of benzene rings is 1. The first-order chi connectivity index (χ1) is 8.78. The van der Waals surface area contributed by atoms with Crippen LogP contribution >= 0.6 is 0 Å². The minimum Gasteiger partial charge on any atom is -0.339 e. The SMILES string of the molecule is CNC(C)Cc1noc(CCc2ccccc2)n1. The lowest BCUT2D eigenvalue weighted by Gasteiger charge is -2.04. The van der Waals surface area contributed by atoms with Gasteiger partial charge in [0.05, 0.1) is 0 Å². The third-order valence-electron chi connectivity index (χ3n) is 2.96. The number of rotatable bonds is 6. The van der Waals surface area contributed by atoms with E-state index < -0.39 is 0 Å². The minimum absolute atomic E-state index is 0.365. The van der Waals surface area contributed by atoms with Crippen LogP contribution < -0.4 is 5.32 Å². The van der Waals surface area contributed by atoms with Crippen molar-refractivity contribution in [1.29, 1.82) is 0 Å². The Kier molecular flexibility index (Phi) is 4.47. The quantitative estimate of drug-likeness (QED) is 0.845. The molecule has 0 aliphatic heterocycles. The van der Waals surface area contributed by atoms with Crippen molar-refractivity contribution in [1.82, 2.24) is 15.5 Å². The average molecular weight is 245 g/mol. The Morgan fingerprint density at radius 1 is 1.22 bits per heavy atom. The standard InChI is InChI=1S/C14H19N3O/c1-11(15-2)10-13-16-14(18-17-13)9-8-12-6-4-3-5-7-12/h3-7,11,15H,8-10H2,1-2H3. The van der Waals surface area contributed by atoms with Crippen LogP contribution in [0.15, 0.2) is 34.9 Å². The number of nitrogens with one attached hydrogen (secondary N) is 1. The highest BCUT2D eigenvalue weighted by Gasteiger charge is 2.09. The highest BCUT2D eigenvalue weighted by molar-refractivity contribution is 5.15. The molecule has 4 nitrogen and oxygen atoms in total. The predicted octanol–water partition coefficient (Wildman–Crippen LogP) is 2.01. The maximum absolute atomic E-state index is 5.24. The summed E-state index contributed by atoms with van der Waals surface area (Å²) in [6, 6.07) is 10.7. The molecule has 1 N–H and O–H groups in total. The van der Waals surface area contributed by atoms with Crippen molar-refractivity contribution in [3.05, 3.63) is 47.6 Å². The molecule has 0 radical (unpaired) electrons. The lowest BCUT2D eigenvalue weighted by molar-refractivity contribution is 0.371. The van der Waals surface area contributed by atoms with E-state index >= 15 is 0 Å². The van der Waals surface area contributed by atoms with Crippen LogP contribution in [-0.2, 0) is 19.3 Å². The van der Waals surface area contributed by atoms with E-state index in [9.17, 15) is 0 Å². The second-order valence-electron chi connectivity index (χ2n) is 4.48. The molecule has 1 atom stereocenters. The summed E-state index contributed by atoms with van der Waals surface area (Å²) in [4.78, 5) is 4.40. The van der Waals surface area contributed by atoms with E-state index in [1.807, 2.05) is 25.2 Å². The van der Waals surface area contributed by atoms with Gasteiger partial charge < -0.3 is 9.84 Å². The molecule has 0 spiro atoms. The summed E-state index contributed by atoms with van der Waals surface area (Å²) in [5.74, 6) is 1.50. The number of nitrogens with zero attached hydrogens (tertiary/aromatic N) is 2. The fourth-order valence-electron chi connectivity index (χ4n) is 1.75. The lowest BCUT2D eigenvalue weighted by atomic mass is 10.1. The first kappa shape index (κ1) is 12.8. The summed E-state index contributed by atoms with van der Waals surface area (Å²) >= 11 is 0. The second kappa shape index (κ2) is 6.31. The van der Waals surface area contributed by atoms with E-state index in [1.165, 1.54) is 5.56 Å². The van der Waals surface area contributed by atoms with Gasteiger partial charge in [0.2, 0.25) is 5.89 Å². The molecule has 18 heavy (non-hydrogen) atoms. The molecule has 0 fully saturated rings. The summed E-state index contributed by atoms with van der Waals surface area (Å²) in [6.45, 7) is 2.10. The van der Waals surface area contributed by atoms with Gasteiger partial charge in [-0.25, -0.2) is 0 Å². The van der Waals surface area contributed by atoms with Crippen molar-refractivity contribution in [3.8, 4) is 0 Å². The van der Waals surface area contributed by atoms with E-state index in [0.29, 0.717) is 6.04 Å². The molecule has 1 aromatic heterocycles. The zero-order valence-electron chi connectivity index (χ0n) is 10.9. The molecule has 1 aromatic carbocycles. The summed E-state index contributed by atoms with van der Waals surface area (Å²) in [5, 5.41) is 7.15. The summed E-state index contributed by atoms with van der Waals surface area (Å²) < 4.78 is 5.24. The maximum Gasteiger partial charge on any atom is 0.226 e. The van der Waals surface area contributed by atoms with Crippen LogP contribution in [0.3, 0.4) is 0 Å². The molecular weight excluding hydrogens is 226 g/mol. The number of hydrogen-bond donors (Lipinski definition) is 1. The first-order valence-electron chi connectivity index (χ1n) is 6.30. The summed E-state index contributed by atoms with van der Waals surface area (Å²) in [7, 11) is 1.93. The first-order valence-corrected chi connectivity index (χ1v) is 6.30. The van der Waals surface area contributed by atoms with Crippen molar-refractivity contribution in [2.75, 3.05) is 7.05 Å². The third kappa shape index (κ3) is 3.67. The maximum atomic E-state index is 5.24. The molecular formula is C14H19N3O. The van der Waals surface area contributed by atoms with Gasteiger partial charge >= 0.3 is 0 Å². The highest BCUT2D eigenvalue weighted by Crippen LogP contribution is 2.06. The molecule has 2 aromatic rings.